The number of hydrogen-bond donors (Lipinski definition) is 1. The summed E-state index contributed by atoms with van der Waals surface area (Å²) in [6.45, 7) is 2.80. The van der Waals surface area contributed by atoms with Gasteiger partial charge in [-0.1, -0.05) is 24.3 Å². The quantitative estimate of drug-likeness (QED) is 0.783. The van der Waals surface area contributed by atoms with E-state index in [9.17, 15) is 23.1 Å². The topological polar surface area (TPSA) is 116 Å². The second-order valence-corrected chi connectivity index (χ2v) is 8.22. The van der Waals surface area contributed by atoms with Crippen molar-refractivity contribution in [2.45, 2.75) is 11.8 Å². The molecule has 0 atom stereocenters. The fraction of sp³-hybridized carbons (Fsp3) is 0.263. The molecule has 2 aromatic rings. The highest BCUT2D eigenvalue weighted by molar-refractivity contribution is 7.89. The number of rotatable bonds is 5. The third-order valence-electron chi connectivity index (χ3n) is 4.46. The predicted molar refractivity (Wildman–Crippen MR) is 99.5 cm³/mol. The molecule has 1 heterocycles. The fourth-order valence-corrected chi connectivity index (χ4v) is 4.34. The average Bonchev–Trinajstić information content (AvgIpc) is 2.69. The van der Waals surface area contributed by atoms with Gasteiger partial charge in [-0.2, -0.15) is 4.31 Å². The minimum absolute atomic E-state index is 0.00154. The van der Waals surface area contributed by atoms with Crippen molar-refractivity contribution in [1.82, 2.24) is 4.31 Å². The molecule has 2 aromatic carbocycles. The molecule has 1 aliphatic heterocycles. The van der Waals surface area contributed by atoms with Crippen LogP contribution in [0.4, 0.5) is 5.69 Å². The van der Waals surface area contributed by atoms with Crippen molar-refractivity contribution in [1.29, 1.82) is 0 Å². The Labute approximate surface area is 162 Å². The SMILES string of the molecule is Cc1ccc(S(=O)(=O)N2CCOCC2)cc1C(=O)Nc1ccccc1C(=O)[O-]. The van der Waals surface area contributed by atoms with Crippen LogP contribution in [0.25, 0.3) is 0 Å². The molecule has 0 aliphatic carbocycles. The standard InChI is InChI=1S/C19H20N2O6S/c1-13-6-7-14(28(25,26)21-8-10-27-11-9-21)12-16(13)18(22)20-17-5-3-2-4-15(17)19(23)24/h2-7,12H,8-11H2,1H3,(H,20,22)(H,23,24)/p-1. The number of carbonyl (C=O) groups excluding carboxylic acids is 2. The van der Waals surface area contributed by atoms with E-state index >= 15 is 0 Å². The molecule has 1 aliphatic rings. The Bertz CT molecular complexity index is 1010. The van der Waals surface area contributed by atoms with E-state index in [0.717, 1.165) is 0 Å². The lowest BCUT2D eigenvalue weighted by Gasteiger charge is -2.26. The Morgan fingerprint density at radius 1 is 1.07 bits per heavy atom. The molecule has 148 valence electrons. The number of hydrogen-bond acceptors (Lipinski definition) is 6. The molecular weight excluding hydrogens is 384 g/mol. The number of benzene rings is 2. The average molecular weight is 403 g/mol. The lowest BCUT2D eigenvalue weighted by molar-refractivity contribution is -0.254. The van der Waals surface area contributed by atoms with E-state index in [0.29, 0.717) is 18.8 Å². The summed E-state index contributed by atoms with van der Waals surface area (Å²) in [5.74, 6) is -2.03. The van der Waals surface area contributed by atoms with Crippen LogP contribution >= 0.6 is 0 Å². The summed E-state index contributed by atoms with van der Waals surface area (Å²) in [5, 5.41) is 13.7. The molecule has 8 nitrogen and oxygen atoms in total. The number of anilines is 1. The molecule has 0 aromatic heterocycles. The Balaban J connectivity index is 1.91. The van der Waals surface area contributed by atoms with E-state index in [-0.39, 0.29) is 34.8 Å². The first kappa shape index (κ1) is 20.0. The van der Waals surface area contributed by atoms with Crippen LogP contribution in [-0.2, 0) is 14.8 Å². The van der Waals surface area contributed by atoms with Crippen LogP contribution in [0.2, 0.25) is 0 Å². The fourth-order valence-electron chi connectivity index (χ4n) is 2.90. The maximum absolute atomic E-state index is 12.8. The number of para-hydroxylation sites is 1. The zero-order valence-electron chi connectivity index (χ0n) is 15.2. The number of carbonyl (C=O) groups is 2. The van der Waals surface area contributed by atoms with Crippen molar-refractivity contribution in [3.8, 4) is 0 Å². The smallest absolute Gasteiger partial charge is 0.255 e. The van der Waals surface area contributed by atoms with Crippen LogP contribution in [0.3, 0.4) is 0 Å². The van der Waals surface area contributed by atoms with Crippen LogP contribution in [0.1, 0.15) is 26.3 Å². The molecule has 1 saturated heterocycles. The monoisotopic (exact) mass is 403 g/mol. The zero-order chi connectivity index (χ0) is 20.3. The van der Waals surface area contributed by atoms with E-state index < -0.39 is 21.9 Å². The van der Waals surface area contributed by atoms with Crippen LogP contribution in [0.5, 0.6) is 0 Å². The van der Waals surface area contributed by atoms with Gasteiger partial charge in [-0.3, -0.25) is 4.79 Å². The summed E-state index contributed by atoms with van der Waals surface area (Å²) in [7, 11) is -3.76. The van der Waals surface area contributed by atoms with Gasteiger partial charge in [0.1, 0.15) is 0 Å². The number of aromatic carboxylic acids is 1. The number of amides is 1. The highest BCUT2D eigenvalue weighted by Gasteiger charge is 2.27. The summed E-state index contributed by atoms with van der Waals surface area (Å²) < 4.78 is 32.2. The first-order chi connectivity index (χ1) is 13.3. The van der Waals surface area contributed by atoms with Gasteiger partial charge in [0.25, 0.3) is 5.91 Å². The summed E-state index contributed by atoms with van der Waals surface area (Å²) in [5.41, 5.74) is 0.616. The Kier molecular flexibility index (Phi) is 5.78. The van der Waals surface area contributed by atoms with Crippen molar-refractivity contribution in [2.24, 2.45) is 0 Å². The Morgan fingerprint density at radius 3 is 2.43 bits per heavy atom. The maximum Gasteiger partial charge on any atom is 0.255 e. The normalized spacial score (nSPS) is 15.2. The molecule has 0 radical (unpaired) electrons. The highest BCUT2D eigenvalue weighted by Crippen LogP contribution is 2.22. The maximum atomic E-state index is 12.8. The molecule has 1 amide bonds. The van der Waals surface area contributed by atoms with Crippen LogP contribution in [0.15, 0.2) is 47.4 Å². The summed E-state index contributed by atoms with van der Waals surface area (Å²) in [6, 6.07) is 10.1. The van der Waals surface area contributed by atoms with Gasteiger partial charge in [0.2, 0.25) is 10.0 Å². The Hall–Kier alpha value is -2.75. The third kappa shape index (κ3) is 4.06. The number of sulfonamides is 1. The van der Waals surface area contributed by atoms with Crippen molar-refractivity contribution in [3.05, 3.63) is 59.2 Å². The summed E-state index contributed by atoms with van der Waals surface area (Å²) >= 11 is 0. The number of carboxylic acids is 1. The molecule has 3 rings (SSSR count). The van der Waals surface area contributed by atoms with Gasteiger partial charge >= 0.3 is 0 Å². The van der Waals surface area contributed by atoms with Crippen LogP contribution in [-0.4, -0.2) is 50.9 Å². The van der Waals surface area contributed by atoms with Gasteiger partial charge in [0, 0.05) is 24.2 Å². The first-order valence-corrected chi connectivity index (χ1v) is 10.0. The molecule has 0 bridgehead atoms. The second-order valence-electron chi connectivity index (χ2n) is 6.28. The van der Waals surface area contributed by atoms with E-state index in [1.165, 1.54) is 34.6 Å². The van der Waals surface area contributed by atoms with Gasteiger partial charge in [0.15, 0.2) is 0 Å². The lowest BCUT2D eigenvalue weighted by atomic mass is 10.1. The van der Waals surface area contributed by atoms with Crippen molar-refractivity contribution in [2.75, 3.05) is 31.6 Å². The number of carboxylic acid groups (broad SMARTS) is 1. The lowest BCUT2D eigenvalue weighted by Crippen LogP contribution is -2.40. The van der Waals surface area contributed by atoms with E-state index in [1.807, 2.05) is 0 Å². The first-order valence-electron chi connectivity index (χ1n) is 8.61. The number of nitrogens with zero attached hydrogens (tertiary/aromatic N) is 1. The van der Waals surface area contributed by atoms with Gasteiger partial charge in [-0.15, -0.1) is 0 Å². The van der Waals surface area contributed by atoms with E-state index in [1.54, 1.807) is 19.1 Å². The summed E-state index contributed by atoms with van der Waals surface area (Å²) in [4.78, 5) is 23.9. The molecule has 1 fully saturated rings. The minimum Gasteiger partial charge on any atom is -0.545 e. The molecular formula is C19H19N2O6S-. The number of ether oxygens (including phenoxy) is 1. The van der Waals surface area contributed by atoms with Gasteiger partial charge in [0.05, 0.1) is 29.8 Å². The third-order valence-corrected chi connectivity index (χ3v) is 6.35. The second kappa shape index (κ2) is 8.09. The highest BCUT2D eigenvalue weighted by atomic mass is 32.2. The number of aryl methyl sites for hydroxylation is 1. The van der Waals surface area contributed by atoms with Crippen LogP contribution in [0, 0.1) is 6.92 Å². The molecule has 0 saturated carbocycles. The van der Waals surface area contributed by atoms with Crippen molar-refractivity contribution < 1.29 is 27.9 Å². The molecule has 28 heavy (non-hydrogen) atoms. The van der Waals surface area contributed by atoms with Crippen molar-refractivity contribution >= 4 is 27.6 Å². The number of nitrogens with one attached hydrogen (secondary N) is 1. The largest absolute Gasteiger partial charge is 0.545 e. The number of morpholine rings is 1. The summed E-state index contributed by atoms with van der Waals surface area (Å²) in [6.07, 6.45) is 0. The van der Waals surface area contributed by atoms with Gasteiger partial charge in [-0.25, -0.2) is 8.42 Å². The molecule has 0 unspecified atom stereocenters. The molecule has 1 N–H and O–H groups in total. The van der Waals surface area contributed by atoms with Crippen molar-refractivity contribution in [3.63, 3.8) is 0 Å². The van der Waals surface area contributed by atoms with Gasteiger partial charge in [-0.05, 0) is 30.7 Å². The van der Waals surface area contributed by atoms with E-state index in [4.69, 9.17) is 4.74 Å². The van der Waals surface area contributed by atoms with Gasteiger partial charge < -0.3 is 20.0 Å². The predicted octanol–water partition coefficient (Wildman–Crippen LogP) is 0.632. The zero-order valence-corrected chi connectivity index (χ0v) is 16.0. The molecule has 0 spiro atoms. The van der Waals surface area contributed by atoms with Crippen LogP contribution < -0.4 is 10.4 Å². The van der Waals surface area contributed by atoms with E-state index in [2.05, 4.69) is 5.32 Å². The minimum atomic E-state index is -3.76. The Morgan fingerprint density at radius 2 is 1.75 bits per heavy atom. The molecule has 9 heteroatoms.